The Labute approximate surface area is 175 Å². The molecule has 0 aliphatic heterocycles. The molecule has 0 unspecified atom stereocenters. The van der Waals surface area contributed by atoms with Crippen molar-refractivity contribution < 1.29 is 4.79 Å². The number of nitrogens with one attached hydrogen (secondary N) is 1. The largest absolute Gasteiger partial charge is 0.354 e. The highest BCUT2D eigenvalue weighted by Gasteiger charge is 2.52. The van der Waals surface area contributed by atoms with Gasteiger partial charge < -0.3 is 4.90 Å². The molecule has 0 atom stereocenters. The second-order valence-corrected chi connectivity index (χ2v) is 7.52. The van der Waals surface area contributed by atoms with Crippen LogP contribution in [-0.4, -0.2) is 35.6 Å². The Morgan fingerprint density at radius 3 is 1.93 bits per heavy atom. The van der Waals surface area contributed by atoms with Gasteiger partial charge in [-0.3, -0.25) is 10.2 Å². The van der Waals surface area contributed by atoms with Crippen LogP contribution in [0, 0.1) is 0 Å². The maximum Gasteiger partial charge on any atom is 0.202 e. The van der Waals surface area contributed by atoms with Crippen molar-refractivity contribution in [3.63, 3.8) is 0 Å². The molecule has 0 saturated heterocycles. The van der Waals surface area contributed by atoms with Crippen molar-refractivity contribution in [2.75, 3.05) is 14.1 Å². The summed E-state index contributed by atoms with van der Waals surface area (Å²) in [5.74, 6) is -0.0647. The number of carbonyl (C=O) groups excluding carboxylic acids is 1. The van der Waals surface area contributed by atoms with E-state index < -0.39 is 5.41 Å². The molecule has 4 nitrogen and oxygen atoms in total. The molecular weight excluding hydrogens is 378 g/mol. The van der Waals surface area contributed by atoms with Gasteiger partial charge in [0.2, 0.25) is 5.78 Å². The van der Waals surface area contributed by atoms with Crippen LogP contribution in [-0.2, 0) is 10.2 Å². The molecule has 144 valence electrons. The molecule has 1 aliphatic carbocycles. The average molecular weight is 400 g/mol. The quantitative estimate of drug-likeness (QED) is 0.538. The number of hydrogen-bond acceptors (Lipinski definition) is 3. The van der Waals surface area contributed by atoms with Crippen LogP contribution in [0.1, 0.15) is 22.3 Å². The first-order valence-corrected chi connectivity index (χ1v) is 9.78. The second kappa shape index (κ2) is 7.60. The number of rotatable bonds is 3. The van der Waals surface area contributed by atoms with Gasteiger partial charge >= 0.3 is 0 Å². The van der Waals surface area contributed by atoms with Gasteiger partial charge in [-0.2, -0.15) is 5.10 Å². The standard InChI is InChI=1S/C24H21N3OS/c1-27(2)23(29)26-25-21-19-15-9-10-16-20(19)24(22(21)28,17-11-5-3-6-12-17)18-13-7-4-8-14-18/h3-16H,1-2H3,(H,26,29). The van der Waals surface area contributed by atoms with Crippen molar-refractivity contribution in [3.05, 3.63) is 107 Å². The van der Waals surface area contributed by atoms with Crippen LogP contribution < -0.4 is 5.43 Å². The normalized spacial score (nSPS) is 15.8. The van der Waals surface area contributed by atoms with Crippen molar-refractivity contribution in [1.82, 2.24) is 10.3 Å². The van der Waals surface area contributed by atoms with E-state index in [9.17, 15) is 4.79 Å². The molecule has 0 radical (unpaired) electrons. The van der Waals surface area contributed by atoms with Crippen LogP contribution in [0.5, 0.6) is 0 Å². The molecule has 1 N–H and O–H groups in total. The van der Waals surface area contributed by atoms with Gasteiger partial charge in [-0.15, -0.1) is 0 Å². The third-order valence-corrected chi connectivity index (χ3v) is 5.68. The molecule has 3 aromatic rings. The van der Waals surface area contributed by atoms with Gasteiger partial charge in [-0.1, -0.05) is 84.9 Å². The van der Waals surface area contributed by atoms with Crippen molar-refractivity contribution in [3.8, 4) is 0 Å². The predicted molar refractivity (Wildman–Crippen MR) is 120 cm³/mol. The van der Waals surface area contributed by atoms with Gasteiger partial charge in [0.1, 0.15) is 11.1 Å². The summed E-state index contributed by atoms with van der Waals surface area (Å²) < 4.78 is 0. The summed E-state index contributed by atoms with van der Waals surface area (Å²) in [6.45, 7) is 0. The van der Waals surface area contributed by atoms with Gasteiger partial charge in [0.15, 0.2) is 5.11 Å². The molecule has 0 bridgehead atoms. The van der Waals surface area contributed by atoms with Gasteiger partial charge in [0.25, 0.3) is 0 Å². The first-order chi connectivity index (χ1) is 14.1. The van der Waals surface area contributed by atoms with Gasteiger partial charge in [-0.05, 0) is 28.9 Å². The average Bonchev–Trinajstić information content (AvgIpc) is 3.01. The van der Waals surface area contributed by atoms with Gasteiger partial charge in [0, 0.05) is 19.7 Å². The fourth-order valence-corrected chi connectivity index (χ4v) is 3.92. The maximum atomic E-state index is 14.0. The summed E-state index contributed by atoms with van der Waals surface area (Å²) in [6, 6.07) is 27.6. The zero-order valence-electron chi connectivity index (χ0n) is 16.3. The van der Waals surface area contributed by atoms with E-state index in [2.05, 4.69) is 10.5 Å². The Bertz CT molecular complexity index is 1050. The lowest BCUT2D eigenvalue weighted by Crippen LogP contribution is -2.38. The molecule has 0 heterocycles. The van der Waals surface area contributed by atoms with Crippen LogP contribution in [0.3, 0.4) is 0 Å². The monoisotopic (exact) mass is 399 g/mol. The van der Waals surface area contributed by atoms with E-state index in [4.69, 9.17) is 12.2 Å². The minimum atomic E-state index is -0.945. The van der Waals surface area contributed by atoms with Crippen LogP contribution in [0.25, 0.3) is 0 Å². The Morgan fingerprint density at radius 2 is 1.38 bits per heavy atom. The zero-order valence-corrected chi connectivity index (χ0v) is 17.1. The highest BCUT2D eigenvalue weighted by atomic mass is 32.1. The molecule has 0 spiro atoms. The SMILES string of the molecule is CN(C)C(=S)NN=C1C(=O)C(c2ccccc2)(c2ccccc2)c2ccccc21. The van der Waals surface area contributed by atoms with Crippen molar-refractivity contribution in [2.24, 2.45) is 5.10 Å². The van der Waals surface area contributed by atoms with E-state index >= 15 is 0 Å². The van der Waals surface area contributed by atoms with E-state index in [1.54, 1.807) is 4.90 Å². The molecule has 0 aromatic heterocycles. The van der Waals surface area contributed by atoms with Gasteiger partial charge in [-0.25, -0.2) is 0 Å². The molecular formula is C24H21N3OS. The number of hydrogen-bond donors (Lipinski definition) is 1. The molecule has 5 heteroatoms. The number of thiocarbonyl (C=S) groups is 1. The summed E-state index contributed by atoms with van der Waals surface area (Å²) in [4.78, 5) is 15.8. The zero-order chi connectivity index (χ0) is 20.4. The number of ketones is 1. The lowest BCUT2D eigenvalue weighted by Gasteiger charge is -2.30. The van der Waals surface area contributed by atoms with Crippen LogP contribution >= 0.6 is 12.2 Å². The van der Waals surface area contributed by atoms with E-state index in [-0.39, 0.29) is 5.78 Å². The smallest absolute Gasteiger partial charge is 0.202 e. The lowest BCUT2D eigenvalue weighted by atomic mass is 9.69. The minimum Gasteiger partial charge on any atom is -0.354 e. The number of hydrazone groups is 1. The molecule has 0 amide bonds. The first kappa shape index (κ1) is 19.0. The van der Waals surface area contributed by atoms with Crippen LogP contribution in [0.15, 0.2) is 90.0 Å². The summed E-state index contributed by atoms with van der Waals surface area (Å²) in [5, 5.41) is 4.89. The van der Waals surface area contributed by atoms with Crippen LogP contribution in [0.4, 0.5) is 0 Å². The fourth-order valence-electron chi connectivity index (χ4n) is 3.87. The summed E-state index contributed by atoms with van der Waals surface area (Å²) in [6.07, 6.45) is 0. The topological polar surface area (TPSA) is 44.7 Å². The minimum absolute atomic E-state index is 0.0647. The lowest BCUT2D eigenvalue weighted by molar-refractivity contribution is -0.115. The Balaban J connectivity index is 1.99. The van der Waals surface area contributed by atoms with Crippen molar-refractivity contribution >= 4 is 28.8 Å². The number of nitrogens with zero attached hydrogens (tertiary/aromatic N) is 2. The second-order valence-electron chi connectivity index (χ2n) is 7.13. The Kier molecular flexibility index (Phi) is 4.99. The molecule has 29 heavy (non-hydrogen) atoms. The van der Waals surface area contributed by atoms with E-state index in [1.165, 1.54) is 0 Å². The Morgan fingerprint density at radius 1 is 0.862 bits per heavy atom. The summed E-state index contributed by atoms with van der Waals surface area (Å²) in [5.41, 5.74) is 5.89. The Hall–Kier alpha value is -3.31. The van der Waals surface area contributed by atoms with E-state index in [0.717, 1.165) is 22.3 Å². The van der Waals surface area contributed by atoms with E-state index in [1.807, 2.05) is 99.0 Å². The van der Waals surface area contributed by atoms with E-state index in [0.29, 0.717) is 10.8 Å². The third-order valence-electron chi connectivity index (χ3n) is 5.22. The molecule has 0 fully saturated rings. The number of carbonyl (C=O) groups is 1. The van der Waals surface area contributed by atoms with Crippen molar-refractivity contribution in [1.29, 1.82) is 0 Å². The molecule has 0 saturated carbocycles. The summed E-state index contributed by atoms with van der Waals surface area (Å²) in [7, 11) is 3.66. The molecule has 4 rings (SSSR count). The number of fused-ring (bicyclic) bond motifs is 1. The molecule has 1 aliphatic rings. The first-order valence-electron chi connectivity index (χ1n) is 9.37. The number of Topliss-reactive ketones (excluding diaryl/α,β-unsaturated/α-hetero) is 1. The van der Waals surface area contributed by atoms with Crippen LogP contribution in [0.2, 0.25) is 0 Å². The highest BCUT2D eigenvalue weighted by Crippen LogP contribution is 2.46. The molecule has 3 aromatic carbocycles. The predicted octanol–water partition coefficient (Wildman–Crippen LogP) is 3.74. The number of benzene rings is 3. The summed E-state index contributed by atoms with van der Waals surface area (Å²) >= 11 is 5.29. The fraction of sp³-hybridized carbons (Fsp3) is 0.125. The van der Waals surface area contributed by atoms with Gasteiger partial charge in [0.05, 0.1) is 0 Å². The maximum absolute atomic E-state index is 14.0. The van der Waals surface area contributed by atoms with Crippen molar-refractivity contribution in [2.45, 2.75) is 5.41 Å². The highest BCUT2D eigenvalue weighted by molar-refractivity contribution is 7.80. The third kappa shape index (κ3) is 3.04.